The van der Waals surface area contributed by atoms with Gasteiger partial charge in [0.1, 0.15) is 5.75 Å². The van der Waals surface area contributed by atoms with E-state index in [2.05, 4.69) is 5.10 Å². The standard InChI is InChI=1S/C16H18N2O2/c1-4-20-15-8-6-5-7-14(15)11-17-18-13(3)9-12(2)10-16(18)19/h5-11H,4H2,1-3H3. The quantitative estimate of drug-likeness (QED) is 0.802. The number of aryl methyl sites for hydroxylation is 2. The van der Waals surface area contributed by atoms with Gasteiger partial charge in [-0.05, 0) is 44.5 Å². The molecule has 20 heavy (non-hydrogen) atoms. The maximum atomic E-state index is 11.9. The molecule has 104 valence electrons. The highest BCUT2D eigenvalue weighted by Crippen LogP contribution is 2.15. The number of aromatic nitrogens is 1. The average Bonchev–Trinajstić information content (AvgIpc) is 2.39. The molecule has 0 saturated carbocycles. The van der Waals surface area contributed by atoms with E-state index in [9.17, 15) is 4.79 Å². The van der Waals surface area contributed by atoms with Crippen LogP contribution in [-0.4, -0.2) is 17.5 Å². The van der Waals surface area contributed by atoms with Crippen molar-refractivity contribution in [3.05, 3.63) is 63.6 Å². The Kier molecular flexibility index (Phi) is 4.35. The second-order valence-corrected chi connectivity index (χ2v) is 4.54. The van der Waals surface area contributed by atoms with E-state index in [0.717, 1.165) is 22.6 Å². The Morgan fingerprint density at radius 1 is 1.25 bits per heavy atom. The summed E-state index contributed by atoms with van der Waals surface area (Å²) in [5.41, 5.74) is 2.46. The number of hydrogen-bond acceptors (Lipinski definition) is 3. The van der Waals surface area contributed by atoms with Gasteiger partial charge in [0, 0.05) is 17.3 Å². The molecular weight excluding hydrogens is 252 g/mol. The Morgan fingerprint density at radius 3 is 2.70 bits per heavy atom. The van der Waals surface area contributed by atoms with Crippen molar-refractivity contribution >= 4 is 6.21 Å². The first-order chi connectivity index (χ1) is 9.61. The van der Waals surface area contributed by atoms with Crippen LogP contribution < -0.4 is 10.3 Å². The van der Waals surface area contributed by atoms with Crippen LogP contribution in [0.15, 0.2) is 46.3 Å². The van der Waals surface area contributed by atoms with Crippen LogP contribution in [0.2, 0.25) is 0 Å². The van der Waals surface area contributed by atoms with E-state index < -0.39 is 0 Å². The molecule has 0 saturated heterocycles. The zero-order valence-corrected chi connectivity index (χ0v) is 12.0. The highest BCUT2D eigenvalue weighted by Gasteiger charge is 2.01. The molecule has 0 N–H and O–H groups in total. The number of hydrogen-bond donors (Lipinski definition) is 0. The Morgan fingerprint density at radius 2 is 2.00 bits per heavy atom. The van der Waals surface area contributed by atoms with Crippen molar-refractivity contribution in [2.75, 3.05) is 6.61 Å². The normalized spacial score (nSPS) is 10.9. The Bertz CT molecular complexity index is 687. The summed E-state index contributed by atoms with van der Waals surface area (Å²) >= 11 is 0. The van der Waals surface area contributed by atoms with Gasteiger partial charge in [0.25, 0.3) is 5.56 Å². The number of pyridine rings is 1. The molecule has 4 heteroatoms. The Labute approximate surface area is 118 Å². The summed E-state index contributed by atoms with van der Waals surface area (Å²) in [6.07, 6.45) is 1.65. The maximum absolute atomic E-state index is 11.9. The Hall–Kier alpha value is -2.36. The molecule has 0 radical (unpaired) electrons. The number of benzene rings is 1. The van der Waals surface area contributed by atoms with Crippen LogP contribution in [0.3, 0.4) is 0 Å². The molecule has 0 spiro atoms. The molecule has 1 heterocycles. The summed E-state index contributed by atoms with van der Waals surface area (Å²) in [6.45, 7) is 6.28. The van der Waals surface area contributed by atoms with Crippen molar-refractivity contribution in [3.8, 4) is 5.75 Å². The molecule has 0 amide bonds. The smallest absolute Gasteiger partial charge is 0.271 e. The Balaban J connectivity index is 2.37. The molecule has 0 fully saturated rings. The van der Waals surface area contributed by atoms with Gasteiger partial charge < -0.3 is 4.74 Å². The summed E-state index contributed by atoms with van der Waals surface area (Å²) in [5.74, 6) is 0.761. The molecule has 2 rings (SSSR count). The van der Waals surface area contributed by atoms with E-state index in [1.54, 1.807) is 12.3 Å². The van der Waals surface area contributed by atoms with Crippen molar-refractivity contribution in [2.45, 2.75) is 20.8 Å². The van der Waals surface area contributed by atoms with Crippen LogP contribution >= 0.6 is 0 Å². The number of nitrogens with zero attached hydrogens (tertiary/aromatic N) is 2. The predicted molar refractivity (Wildman–Crippen MR) is 80.8 cm³/mol. The SMILES string of the molecule is CCOc1ccccc1C=Nn1c(C)cc(C)cc1=O. The number of rotatable bonds is 4. The topological polar surface area (TPSA) is 43.6 Å². The summed E-state index contributed by atoms with van der Waals surface area (Å²) in [5, 5.41) is 4.26. The first-order valence-corrected chi connectivity index (χ1v) is 6.58. The lowest BCUT2D eigenvalue weighted by Gasteiger charge is -2.07. The van der Waals surface area contributed by atoms with Crippen molar-refractivity contribution in [1.29, 1.82) is 0 Å². The molecule has 1 aromatic carbocycles. The minimum Gasteiger partial charge on any atom is -0.493 e. The summed E-state index contributed by atoms with van der Waals surface area (Å²) in [4.78, 5) is 11.9. The number of para-hydroxylation sites is 1. The lowest BCUT2D eigenvalue weighted by Crippen LogP contribution is -2.18. The monoisotopic (exact) mass is 270 g/mol. The fraction of sp³-hybridized carbons (Fsp3) is 0.250. The molecule has 1 aromatic heterocycles. The molecule has 0 aliphatic carbocycles. The third-order valence-corrected chi connectivity index (χ3v) is 2.86. The third-order valence-electron chi connectivity index (χ3n) is 2.86. The van der Waals surface area contributed by atoms with Crippen LogP contribution in [0.1, 0.15) is 23.7 Å². The molecule has 0 aliphatic rings. The molecule has 0 unspecified atom stereocenters. The summed E-state index contributed by atoms with van der Waals surface area (Å²) in [7, 11) is 0. The van der Waals surface area contributed by atoms with Crippen molar-refractivity contribution in [2.24, 2.45) is 5.10 Å². The van der Waals surface area contributed by atoms with E-state index in [1.165, 1.54) is 4.68 Å². The van der Waals surface area contributed by atoms with Gasteiger partial charge in [0.05, 0.1) is 12.8 Å². The lowest BCUT2D eigenvalue weighted by atomic mass is 10.2. The number of ether oxygens (including phenoxy) is 1. The van der Waals surface area contributed by atoms with Crippen molar-refractivity contribution in [3.63, 3.8) is 0 Å². The fourth-order valence-corrected chi connectivity index (χ4v) is 2.00. The van der Waals surface area contributed by atoms with Gasteiger partial charge in [-0.25, -0.2) is 4.68 Å². The van der Waals surface area contributed by atoms with Gasteiger partial charge >= 0.3 is 0 Å². The van der Waals surface area contributed by atoms with Crippen LogP contribution in [0.5, 0.6) is 5.75 Å². The van der Waals surface area contributed by atoms with E-state index in [4.69, 9.17) is 4.74 Å². The first kappa shape index (κ1) is 14.1. The van der Waals surface area contributed by atoms with Gasteiger partial charge in [-0.15, -0.1) is 0 Å². The molecule has 0 aliphatic heterocycles. The zero-order chi connectivity index (χ0) is 14.5. The second-order valence-electron chi connectivity index (χ2n) is 4.54. The first-order valence-electron chi connectivity index (χ1n) is 6.58. The molecular formula is C16H18N2O2. The maximum Gasteiger partial charge on any atom is 0.271 e. The predicted octanol–water partition coefficient (Wildman–Crippen LogP) is 2.75. The summed E-state index contributed by atoms with van der Waals surface area (Å²) in [6, 6.07) is 11.1. The van der Waals surface area contributed by atoms with Gasteiger partial charge in [-0.3, -0.25) is 4.79 Å². The van der Waals surface area contributed by atoms with Crippen molar-refractivity contribution < 1.29 is 4.74 Å². The molecule has 0 bridgehead atoms. The highest BCUT2D eigenvalue weighted by atomic mass is 16.5. The van der Waals surface area contributed by atoms with Crippen LogP contribution in [-0.2, 0) is 0 Å². The second kappa shape index (κ2) is 6.19. The largest absolute Gasteiger partial charge is 0.493 e. The van der Waals surface area contributed by atoms with Crippen LogP contribution in [0.4, 0.5) is 0 Å². The molecule has 2 aromatic rings. The van der Waals surface area contributed by atoms with Crippen LogP contribution in [0, 0.1) is 13.8 Å². The fourth-order valence-electron chi connectivity index (χ4n) is 2.00. The van der Waals surface area contributed by atoms with E-state index in [0.29, 0.717) is 6.61 Å². The van der Waals surface area contributed by atoms with Crippen LogP contribution in [0.25, 0.3) is 0 Å². The average molecular weight is 270 g/mol. The lowest BCUT2D eigenvalue weighted by molar-refractivity contribution is 0.340. The van der Waals surface area contributed by atoms with E-state index >= 15 is 0 Å². The zero-order valence-electron chi connectivity index (χ0n) is 12.0. The van der Waals surface area contributed by atoms with Gasteiger partial charge in [-0.1, -0.05) is 12.1 Å². The van der Waals surface area contributed by atoms with Gasteiger partial charge in [-0.2, -0.15) is 5.10 Å². The third kappa shape index (κ3) is 3.15. The minimum atomic E-state index is -0.132. The van der Waals surface area contributed by atoms with E-state index in [1.807, 2.05) is 51.1 Å². The minimum absolute atomic E-state index is 0.132. The van der Waals surface area contributed by atoms with Gasteiger partial charge in [0.15, 0.2) is 0 Å². The van der Waals surface area contributed by atoms with E-state index in [-0.39, 0.29) is 5.56 Å². The highest BCUT2D eigenvalue weighted by molar-refractivity contribution is 5.83. The molecule has 0 atom stereocenters. The summed E-state index contributed by atoms with van der Waals surface area (Å²) < 4.78 is 6.91. The molecule has 4 nitrogen and oxygen atoms in total. The van der Waals surface area contributed by atoms with Crippen molar-refractivity contribution in [1.82, 2.24) is 4.68 Å². The van der Waals surface area contributed by atoms with Gasteiger partial charge in [0.2, 0.25) is 0 Å².